The van der Waals surface area contributed by atoms with Crippen LogP contribution in [0.5, 0.6) is 0 Å². The molecule has 5 N–H and O–H groups in total. The number of nitrogens with one attached hydrogen (secondary N) is 1. The van der Waals surface area contributed by atoms with Gasteiger partial charge in [0.1, 0.15) is 0 Å². The van der Waals surface area contributed by atoms with Crippen LogP contribution in [0.1, 0.15) is 17.2 Å². The van der Waals surface area contributed by atoms with E-state index in [-0.39, 0.29) is 12.0 Å². The molecule has 0 aliphatic rings. The normalized spacial score (nSPS) is 11.4. The van der Waals surface area contributed by atoms with Crippen molar-refractivity contribution in [2.24, 2.45) is 16.5 Å². The fourth-order valence-electron chi connectivity index (χ4n) is 1.83. The summed E-state index contributed by atoms with van der Waals surface area (Å²) in [5, 5.41) is 2.77. The Morgan fingerprint density at radius 3 is 2.25 bits per heavy atom. The molecule has 2 aromatic rings. The summed E-state index contributed by atoms with van der Waals surface area (Å²) in [5.41, 5.74) is 12.2. The number of benzene rings is 1. The van der Waals surface area contributed by atoms with Crippen LogP contribution in [0.3, 0.4) is 0 Å². The number of carbonyl (C=O) groups is 1. The van der Waals surface area contributed by atoms with Crippen LogP contribution in [0.4, 0.5) is 4.79 Å². The minimum Gasteiger partial charge on any atom is -0.370 e. The Morgan fingerprint density at radius 1 is 1.05 bits per heavy atom. The molecule has 1 atom stereocenters. The lowest BCUT2D eigenvalue weighted by molar-refractivity contribution is 0.247. The molecule has 1 heterocycles. The van der Waals surface area contributed by atoms with Gasteiger partial charge in [-0.1, -0.05) is 30.3 Å². The summed E-state index contributed by atoms with van der Waals surface area (Å²) in [6, 6.07) is 12.3. The van der Waals surface area contributed by atoms with Gasteiger partial charge < -0.3 is 16.8 Å². The number of aromatic nitrogens is 1. The van der Waals surface area contributed by atoms with Gasteiger partial charge in [-0.3, -0.25) is 4.98 Å². The zero-order chi connectivity index (χ0) is 14.4. The first-order valence-corrected chi connectivity index (χ1v) is 6.02. The second kappa shape index (κ2) is 6.33. The molecule has 0 aliphatic heterocycles. The Labute approximate surface area is 116 Å². The van der Waals surface area contributed by atoms with E-state index in [1.54, 1.807) is 12.4 Å². The van der Waals surface area contributed by atoms with Crippen molar-refractivity contribution in [2.45, 2.75) is 6.04 Å². The maximum atomic E-state index is 11.7. The average Bonchev–Trinajstić information content (AvgIpc) is 2.46. The summed E-state index contributed by atoms with van der Waals surface area (Å²) in [4.78, 5) is 19.2. The van der Waals surface area contributed by atoms with Gasteiger partial charge in [0, 0.05) is 12.4 Å². The Morgan fingerprint density at radius 2 is 1.65 bits per heavy atom. The lowest BCUT2D eigenvalue weighted by Gasteiger charge is -2.18. The van der Waals surface area contributed by atoms with Crippen molar-refractivity contribution in [2.75, 3.05) is 0 Å². The van der Waals surface area contributed by atoms with Gasteiger partial charge in [0.15, 0.2) is 5.96 Å². The lowest BCUT2D eigenvalue weighted by atomic mass is 10.00. The number of hydrogen-bond acceptors (Lipinski definition) is 2. The molecule has 102 valence electrons. The number of pyridine rings is 1. The number of nitrogens with zero attached hydrogens (tertiary/aromatic N) is 2. The van der Waals surface area contributed by atoms with Gasteiger partial charge in [0.25, 0.3) is 0 Å². The molecule has 0 radical (unpaired) electrons. The van der Waals surface area contributed by atoms with Gasteiger partial charge in [0.05, 0.1) is 6.04 Å². The van der Waals surface area contributed by atoms with Crippen LogP contribution in [0.25, 0.3) is 0 Å². The summed E-state index contributed by atoms with van der Waals surface area (Å²) in [6.07, 6.45) is 3.33. The van der Waals surface area contributed by atoms with Crippen LogP contribution in [0.15, 0.2) is 59.9 Å². The zero-order valence-electron chi connectivity index (χ0n) is 10.7. The first kappa shape index (κ1) is 13.5. The molecular formula is C14H15N5O. The zero-order valence-corrected chi connectivity index (χ0v) is 10.7. The maximum Gasteiger partial charge on any atom is 0.344 e. The van der Waals surface area contributed by atoms with Crippen molar-refractivity contribution in [3.63, 3.8) is 0 Å². The molecule has 0 saturated carbocycles. The second-order valence-electron chi connectivity index (χ2n) is 4.11. The summed E-state index contributed by atoms with van der Waals surface area (Å²) in [7, 11) is 0. The Hall–Kier alpha value is -2.89. The van der Waals surface area contributed by atoms with Crippen molar-refractivity contribution >= 4 is 12.0 Å². The van der Waals surface area contributed by atoms with Crippen LogP contribution in [-0.4, -0.2) is 17.0 Å². The lowest BCUT2D eigenvalue weighted by Crippen LogP contribution is -2.31. The highest BCUT2D eigenvalue weighted by molar-refractivity contribution is 5.90. The van der Waals surface area contributed by atoms with Crippen molar-refractivity contribution in [1.29, 1.82) is 0 Å². The fourth-order valence-corrected chi connectivity index (χ4v) is 1.83. The predicted molar refractivity (Wildman–Crippen MR) is 76.9 cm³/mol. The topological polar surface area (TPSA) is 106 Å². The largest absolute Gasteiger partial charge is 0.370 e. The second-order valence-corrected chi connectivity index (χ2v) is 4.11. The number of nitrogens with two attached hydrogens (primary N) is 2. The van der Waals surface area contributed by atoms with E-state index in [9.17, 15) is 4.79 Å². The van der Waals surface area contributed by atoms with Crippen LogP contribution in [-0.2, 0) is 0 Å². The van der Waals surface area contributed by atoms with E-state index in [4.69, 9.17) is 11.5 Å². The molecule has 0 saturated heterocycles. The third kappa shape index (κ3) is 3.55. The predicted octanol–water partition coefficient (Wildman–Crippen LogP) is 1.15. The van der Waals surface area contributed by atoms with Gasteiger partial charge in [-0.15, -0.1) is 0 Å². The number of guanidine groups is 1. The fraction of sp³-hybridized carbons (Fsp3) is 0.0714. The van der Waals surface area contributed by atoms with E-state index in [1.165, 1.54) is 0 Å². The molecule has 0 spiro atoms. The van der Waals surface area contributed by atoms with Crippen LogP contribution < -0.4 is 16.8 Å². The van der Waals surface area contributed by atoms with Gasteiger partial charge in [-0.25, -0.2) is 4.79 Å². The third-order valence-electron chi connectivity index (χ3n) is 2.67. The molecule has 1 aromatic carbocycles. The maximum absolute atomic E-state index is 11.7. The highest BCUT2D eigenvalue weighted by Crippen LogP contribution is 2.21. The molecule has 0 bridgehead atoms. The SMILES string of the molecule is NC(N)=NC(=O)NC(c1ccccc1)c1ccncc1. The van der Waals surface area contributed by atoms with E-state index in [0.717, 1.165) is 11.1 Å². The minimum atomic E-state index is -0.587. The highest BCUT2D eigenvalue weighted by Gasteiger charge is 2.16. The summed E-state index contributed by atoms with van der Waals surface area (Å²) >= 11 is 0. The third-order valence-corrected chi connectivity index (χ3v) is 2.67. The van der Waals surface area contributed by atoms with Crippen molar-refractivity contribution in [3.8, 4) is 0 Å². The number of hydrogen-bond donors (Lipinski definition) is 3. The summed E-state index contributed by atoms with van der Waals surface area (Å²) < 4.78 is 0. The average molecular weight is 269 g/mol. The van der Waals surface area contributed by atoms with Gasteiger partial charge in [-0.05, 0) is 23.3 Å². The molecular weight excluding hydrogens is 254 g/mol. The molecule has 20 heavy (non-hydrogen) atoms. The summed E-state index contributed by atoms with van der Waals surface area (Å²) in [5.74, 6) is -0.274. The molecule has 1 aromatic heterocycles. The first-order valence-electron chi connectivity index (χ1n) is 6.02. The number of amides is 2. The van der Waals surface area contributed by atoms with Crippen molar-refractivity contribution < 1.29 is 4.79 Å². The van der Waals surface area contributed by atoms with Crippen LogP contribution in [0.2, 0.25) is 0 Å². The Balaban J connectivity index is 2.31. The Bertz CT molecular complexity index is 554. The van der Waals surface area contributed by atoms with Gasteiger partial charge in [0.2, 0.25) is 0 Å². The number of aliphatic imine (C=N–C) groups is 1. The standard InChI is InChI=1S/C14H15N5O/c15-13(16)19-14(20)18-12(10-4-2-1-3-5-10)11-6-8-17-9-7-11/h1-9,12H,(H5,15,16,18,19,20). The molecule has 6 nitrogen and oxygen atoms in total. The molecule has 6 heteroatoms. The quantitative estimate of drug-likeness (QED) is 0.574. The van der Waals surface area contributed by atoms with Crippen molar-refractivity contribution in [3.05, 3.63) is 66.0 Å². The Kier molecular flexibility index (Phi) is 4.28. The number of urea groups is 1. The molecule has 2 rings (SSSR count). The van der Waals surface area contributed by atoms with E-state index in [0.29, 0.717) is 0 Å². The van der Waals surface area contributed by atoms with Crippen molar-refractivity contribution in [1.82, 2.24) is 10.3 Å². The van der Waals surface area contributed by atoms with Crippen LogP contribution >= 0.6 is 0 Å². The van der Waals surface area contributed by atoms with E-state index < -0.39 is 6.03 Å². The van der Waals surface area contributed by atoms with E-state index in [1.807, 2.05) is 42.5 Å². The molecule has 0 fully saturated rings. The van der Waals surface area contributed by atoms with Gasteiger partial charge in [-0.2, -0.15) is 4.99 Å². The van der Waals surface area contributed by atoms with E-state index >= 15 is 0 Å². The minimum absolute atomic E-state index is 0.274. The molecule has 0 aliphatic carbocycles. The molecule has 1 unspecified atom stereocenters. The smallest absolute Gasteiger partial charge is 0.344 e. The van der Waals surface area contributed by atoms with E-state index in [2.05, 4.69) is 15.3 Å². The van der Waals surface area contributed by atoms with Gasteiger partial charge >= 0.3 is 6.03 Å². The number of rotatable bonds is 3. The first-order chi connectivity index (χ1) is 9.66. The number of carbonyl (C=O) groups excluding carboxylic acids is 1. The van der Waals surface area contributed by atoms with Crippen LogP contribution in [0, 0.1) is 0 Å². The monoisotopic (exact) mass is 269 g/mol. The molecule has 2 amide bonds. The highest BCUT2D eigenvalue weighted by atomic mass is 16.2. The summed E-state index contributed by atoms with van der Waals surface area (Å²) in [6.45, 7) is 0.